The van der Waals surface area contributed by atoms with Gasteiger partial charge in [-0.15, -0.1) is 0 Å². The predicted octanol–water partition coefficient (Wildman–Crippen LogP) is 1.12. The Balaban J connectivity index is 2.26. The van der Waals surface area contributed by atoms with E-state index in [1.54, 1.807) is 6.07 Å². The van der Waals surface area contributed by atoms with E-state index in [4.69, 9.17) is 0 Å². The van der Waals surface area contributed by atoms with Gasteiger partial charge in [0.05, 0.1) is 12.7 Å². The molecule has 68 valence electrons. The molecule has 13 heavy (non-hydrogen) atoms. The molecule has 3 heteroatoms. The summed E-state index contributed by atoms with van der Waals surface area (Å²) in [5.41, 5.74) is 1.77. The van der Waals surface area contributed by atoms with Gasteiger partial charge in [0.15, 0.2) is 0 Å². The fourth-order valence-corrected chi connectivity index (χ4v) is 1.29. The first-order valence-corrected chi connectivity index (χ1v) is 4.23. The molecule has 1 heterocycles. The molecule has 3 nitrogen and oxygen atoms in total. The highest BCUT2D eigenvalue weighted by molar-refractivity contribution is 5.89. The van der Waals surface area contributed by atoms with Crippen LogP contribution in [0.25, 0.3) is 0 Å². The number of ether oxygens (including phenoxy) is 1. The molecular weight excluding hydrogens is 166 g/mol. The molecule has 0 amide bonds. The first kappa shape index (κ1) is 8.26. The average molecular weight is 177 g/mol. The summed E-state index contributed by atoms with van der Waals surface area (Å²) >= 11 is 0. The van der Waals surface area contributed by atoms with Crippen molar-refractivity contribution in [3.63, 3.8) is 0 Å². The predicted molar refractivity (Wildman–Crippen MR) is 48.5 cm³/mol. The fourth-order valence-electron chi connectivity index (χ4n) is 1.29. The second kappa shape index (κ2) is 3.18. The third-order valence-corrected chi connectivity index (χ3v) is 2.12. The fraction of sp³-hybridized carbons (Fsp3) is 0.300. The van der Waals surface area contributed by atoms with Crippen LogP contribution >= 0.6 is 0 Å². The zero-order chi connectivity index (χ0) is 9.26. The quantitative estimate of drug-likeness (QED) is 0.544. The molecule has 0 aromatic heterocycles. The zero-order valence-corrected chi connectivity index (χ0v) is 7.41. The van der Waals surface area contributed by atoms with Crippen molar-refractivity contribution in [1.29, 1.82) is 0 Å². The van der Waals surface area contributed by atoms with Crippen LogP contribution in [0, 0.1) is 0 Å². The minimum atomic E-state index is -0.275. The normalized spacial score (nSPS) is 19.6. The van der Waals surface area contributed by atoms with Crippen LogP contribution in [0.15, 0.2) is 24.3 Å². The molecule has 0 aliphatic carbocycles. The van der Waals surface area contributed by atoms with Gasteiger partial charge in [0.1, 0.15) is 0 Å². The highest BCUT2D eigenvalue weighted by Crippen LogP contribution is 2.22. The van der Waals surface area contributed by atoms with Crippen molar-refractivity contribution in [2.45, 2.75) is 6.04 Å². The van der Waals surface area contributed by atoms with E-state index in [0.29, 0.717) is 11.6 Å². The largest absolute Gasteiger partial charge is 0.465 e. The van der Waals surface area contributed by atoms with Gasteiger partial charge >= 0.3 is 5.97 Å². The average Bonchev–Trinajstić information content (AvgIpc) is 3.00. The lowest BCUT2D eigenvalue weighted by molar-refractivity contribution is 0.0600. The van der Waals surface area contributed by atoms with Gasteiger partial charge in [0.2, 0.25) is 0 Å². The maximum atomic E-state index is 11.2. The molecule has 1 N–H and O–H groups in total. The van der Waals surface area contributed by atoms with Gasteiger partial charge in [-0.05, 0) is 17.7 Å². The van der Waals surface area contributed by atoms with E-state index in [0.717, 1.165) is 12.1 Å². The number of carbonyl (C=O) groups excluding carboxylic acids is 1. The lowest BCUT2D eigenvalue weighted by Crippen LogP contribution is -2.01. The van der Waals surface area contributed by atoms with Crippen molar-refractivity contribution in [3.8, 4) is 0 Å². The Hall–Kier alpha value is -1.35. The molecule has 0 radical (unpaired) electrons. The van der Waals surface area contributed by atoms with Crippen molar-refractivity contribution >= 4 is 5.97 Å². The topological polar surface area (TPSA) is 48.2 Å². The van der Waals surface area contributed by atoms with Crippen LogP contribution in [0.3, 0.4) is 0 Å². The maximum Gasteiger partial charge on any atom is 0.337 e. The number of esters is 1. The molecule has 1 fully saturated rings. The van der Waals surface area contributed by atoms with Gasteiger partial charge < -0.3 is 10.1 Å². The highest BCUT2D eigenvalue weighted by Gasteiger charge is 2.22. The van der Waals surface area contributed by atoms with Gasteiger partial charge in [-0.3, -0.25) is 0 Å². The minimum Gasteiger partial charge on any atom is -0.465 e. The number of carbonyl (C=O) groups is 1. The van der Waals surface area contributed by atoms with Crippen LogP contribution < -0.4 is 5.32 Å². The molecule has 1 atom stereocenters. The summed E-state index contributed by atoms with van der Waals surface area (Å²) in [5.74, 6) is -0.275. The Bertz CT molecular complexity index is 331. The SMILES string of the molecule is COC(=O)c1cccc([C@H]2CN2)c1. The van der Waals surface area contributed by atoms with Crippen LogP contribution in [0.2, 0.25) is 0 Å². The lowest BCUT2D eigenvalue weighted by atomic mass is 10.1. The van der Waals surface area contributed by atoms with Crippen molar-refractivity contribution in [3.05, 3.63) is 35.4 Å². The molecule has 1 aliphatic heterocycles. The standard InChI is InChI=1S/C10H11NO2/c1-13-10(12)8-4-2-3-7(5-8)9-6-11-9/h2-5,9,11H,6H2,1H3/t9-/m1/s1. The Morgan fingerprint density at radius 2 is 2.38 bits per heavy atom. The van der Waals surface area contributed by atoms with Gasteiger partial charge in [-0.2, -0.15) is 0 Å². The smallest absolute Gasteiger partial charge is 0.337 e. The summed E-state index contributed by atoms with van der Waals surface area (Å²) in [4.78, 5) is 11.2. The van der Waals surface area contributed by atoms with E-state index in [9.17, 15) is 4.79 Å². The molecular formula is C10H11NO2. The molecule has 0 bridgehead atoms. The van der Waals surface area contributed by atoms with Crippen molar-refractivity contribution < 1.29 is 9.53 Å². The third kappa shape index (κ3) is 1.70. The van der Waals surface area contributed by atoms with Gasteiger partial charge in [-0.25, -0.2) is 4.79 Å². The Kier molecular flexibility index (Phi) is 2.02. The summed E-state index contributed by atoms with van der Waals surface area (Å²) in [7, 11) is 1.39. The summed E-state index contributed by atoms with van der Waals surface area (Å²) in [6.45, 7) is 1.00. The van der Waals surface area contributed by atoms with E-state index in [1.807, 2.05) is 18.2 Å². The number of methoxy groups -OCH3 is 1. The molecule has 1 aliphatic rings. The summed E-state index contributed by atoms with van der Waals surface area (Å²) in [5, 5.41) is 3.18. The molecule has 0 saturated carbocycles. The summed E-state index contributed by atoms with van der Waals surface area (Å²) < 4.78 is 4.63. The molecule has 1 aromatic rings. The van der Waals surface area contributed by atoms with Gasteiger partial charge in [0, 0.05) is 12.6 Å². The van der Waals surface area contributed by atoms with E-state index < -0.39 is 0 Å². The van der Waals surface area contributed by atoms with E-state index >= 15 is 0 Å². The van der Waals surface area contributed by atoms with Crippen LogP contribution in [0.1, 0.15) is 22.0 Å². The van der Waals surface area contributed by atoms with Gasteiger partial charge in [0.25, 0.3) is 0 Å². The molecule has 0 unspecified atom stereocenters. The van der Waals surface area contributed by atoms with Crippen LogP contribution in [0.5, 0.6) is 0 Å². The second-order valence-corrected chi connectivity index (χ2v) is 3.08. The monoisotopic (exact) mass is 177 g/mol. The van der Waals surface area contributed by atoms with E-state index in [-0.39, 0.29) is 5.97 Å². The van der Waals surface area contributed by atoms with Gasteiger partial charge in [-0.1, -0.05) is 12.1 Å². The Labute approximate surface area is 76.7 Å². The van der Waals surface area contributed by atoms with E-state index in [1.165, 1.54) is 7.11 Å². The Morgan fingerprint density at radius 3 is 3.00 bits per heavy atom. The number of nitrogens with one attached hydrogen (secondary N) is 1. The number of hydrogen-bond acceptors (Lipinski definition) is 3. The number of benzene rings is 1. The minimum absolute atomic E-state index is 0.275. The molecule has 0 spiro atoms. The highest BCUT2D eigenvalue weighted by atomic mass is 16.5. The van der Waals surface area contributed by atoms with Crippen LogP contribution in [-0.2, 0) is 4.74 Å². The van der Waals surface area contributed by atoms with Crippen molar-refractivity contribution in [2.75, 3.05) is 13.7 Å². The van der Waals surface area contributed by atoms with Crippen LogP contribution in [0.4, 0.5) is 0 Å². The third-order valence-electron chi connectivity index (χ3n) is 2.12. The first-order valence-electron chi connectivity index (χ1n) is 4.23. The first-order chi connectivity index (χ1) is 6.31. The number of rotatable bonds is 2. The molecule has 2 rings (SSSR count). The van der Waals surface area contributed by atoms with Crippen LogP contribution in [-0.4, -0.2) is 19.6 Å². The maximum absolute atomic E-state index is 11.2. The van der Waals surface area contributed by atoms with Crippen molar-refractivity contribution in [1.82, 2.24) is 5.32 Å². The molecule has 1 aromatic carbocycles. The number of hydrogen-bond donors (Lipinski definition) is 1. The van der Waals surface area contributed by atoms with E-state index in [2.05, 4.69) is 10.1 Å². The molecule has 1 saturated heterocycles. The zero-order valence-electron chi connectivity index (χ0n) is 7.41. The Morgan fingerprint density at radius 1 is 1.62 bits per heavy atom. The second-order valence-electron chi connectivity index (χ2n) is 3.08. The summed E-state index contributed by atoms with van der Waals surface area (Å²) in [6.07, 6.45) is 0. The summed E-state index contributed by atoms with van der Waals surface area (Å²) in [6, 6.07) is 7.96. The van der Waals surface area contributed by atoms with Crippen molar-refractivity contribution in [2.24, 2.45) is 0 Å². The lowest BCUT2D eigenvalue weighted by Gasteiger charge is -2.01.